The number of esters is 1. The molecule has 0 bridgehead atoms. The number of carbonyl (C=O) groups excluding carboxylic acids is 2. The van der Waals surface area contributed by atoms with Crippen molar-refractivity contribution in [1.82, 2.24) is 0 Å². The molecule has 3 N–H and O–H groups in total. The van der Waals surface area contributed by atoms with Gasteiger partial charge in [0.15, 0.2) is 0 Å². The molecule has 1 rings (SSSR count). The highest BCUT2D eigenvalue weighted by Gasteiger charge is 2.18. The summed E-state index contributed by atoms with van der Waals surface area (Å²) in [6.07, 6.45) is 0. The molecule has 20 heavy (non-hydrogen) atoms. The molecule has 0 saturated heterocycles. The molecule has 1 amide bonds. The van der Waals surface area contributed by atoms with Gasteiger partial charge in [0, 0.05) is 10.5 Å². The highest BCUT2D eigenvalue weighted by molar-refractivity contribution is 9.10. The zero-order valence-electron chi connectivity index (χ0n) is 11.8. The smallest absolute Gasteiger partial charge is 0.338 e. The van der Waals surface area contributed by atoms with Crippen molar-refractivity contribution in [1.29, 1.82) is 0 Å². The quantitative estimate of drug-likeness (QED) is 0.805. The topological polar surface area (TPSA) is 81.4 Å². The van der Waals surface area contributed by atoms with Crippen LogP contribution in [0.4, 0.5) is 5.69 Å². The Labute approximate surface area is 127 Å². The number of carbonyl (C=O) groups is 2. The fourth-order valence-corrected chi connectivity index (χ4v) is 1.92. The Morgan fingerprint density at radius 2 is 2.05 bits per heavy atom. The van der Waals surface area contributed by atoms with Gasteiger partial charge in [-0.3, -0.25) is 4.79 Å². The summed E-state index contributed by atoms with van der Waals surface area (Å²) in [5.74, 6) is -0.855. The number of nitrogens with one attached hydrogen (secondary N) is 1. The van der Waals surface area contributed by atoms with Crippen molar-refractivity contribution in [3.63, 3.8) is 0 Å². The van der Waals surface area contributed by atoms with Gasteiger partial charge >= 0.3 is 5.97 Å². The maximum atomic E-state index is 11.9. The van der Waals surface area contributed by atoms with Crippen LogP contribution in [0.25, 0.3) is 0 Å². The van der Waals surface area contributed by atoms with E-state index in [0.29, 0.717) is 22.3 Å². The van der Waals surface area contributed by atoms with Gasteiger partial charge in [-0.2, -0.15) is 0 Å². The van der Waals surface area contributed by atoms with Crippen LogP contribution in [0, 0.1) is 5.92 Å². The zero-order valence-corrected chi connectivity index (χ0v) is 13.4. The first-order valence-corrected chi connectivity index (χ1v) is 7.19. The van der Waals surface area contributed by atoms with E-state index in [9.17, 15) is 9.59 Å². The highest BCUT2D eigenvalue weighted by atomic mass is 79.9. The first-order chi connectivity index (χ1) is 9.36. The molecule has 0 aliphatic heterocycles. The molecule has 1 aromatic carbocycles. The lowest BCUT2D eigenvalue weighted by molar-refractivity contribution is -0.119. The van der Waals surface area contributed by atoms with Gasteiger partial charge in [-0.25, -0.2) is 4.79 Å². The van der Waals surface area contributed by atoms with Crippen molar-refractivity contribution in [3.8, 4) is 0 Å². The third-order valence-electron chi connectivity index (χ3n) is 2.94. The van der Waals surface area contributed by atoms with E-state index in [1.807, 2.05) is 0 Å². The van der Waals surface area contributed by atoms with Crippen molar-refractivity contribution in [2.24, 2.45) is 11.7 Å². The van der Waals surface area contributed by atoms with Gasteiger partial charge in [0.1, 0.15) is 0 Å². The number of hydrogen-bond acceptors (Lipinski definition) is 4. The summed E-state index contributed by atoms with van der Waals surface area (Å²) in [7, 11) is 0. The minimum Gasteiger partial charge on any atom is -0.462 e. The Kier molecular flexibility index (Phi) is 6.16. The van der Waals surface area contributed by atoms with E-state index in [1.165, 1.54) is 0 Å². The highest BCUT2D eigenvalue weighted by Crippen LogP contribution is 2.24. The van der Waals surface area contributed by atoms with Gasteiger partial charge in [0.05, 0.1) is 23.8 Å². The summed E-state index contributed by atoms with van der Waals surface area (Å²) >= 11 is 3.33. The van der Waals surface area contributed by atoms with Gasteiger partial charge in [-0.1, -0.05) is 6.92 Å². The first kappa shape index (κ1) is 16.7. The minimum absolute atomic E-state index is 0.162. The Bertz CT molecular complexity index is 503. The van der Waals surface area contributed by atoms with E-state index < -0.39 is 5.97 Å². The maximum absolute atomic E-state index is 11.9. The second-order valence-electron chi connectivity index (χ2n) is 4.55. The van der Waals surface area contributed by atoms with Gasteiger partial charge in [0.2, 0.25) is 5.91 Å². The van der Waals surface area contributed by atoms with Gasteiger partial charge in [-0.05, 0) is 48.0 Å². The molecular formula is C14H19BrN2O3. The van der Waals surface area contributed by atoms with Crippen LogP contribution in [-0.2, 0) is 9.53 Å². The fraction of sp³-hybridized carbons (Fsp3) is 0.429. The Hall–Kier alpha value is -1.40. The molecule has 2 unspecified atom stereocenters. The monoisotopic (exact) mass is 342 g/mol. The molecule has 5 nitrogen and oxygen atoms in total. The van der Waals surface area contributed by atoms with Crippen molar-refractivity contribution in [3.05, 3.63) is 28.2 Å². The summed E-state index contributed by atoms with van der Waals surface area (Å²) in [6, 6.07) is 4.65. The summed E-state index contributed by atoms with van der Waals surface area (Å²) in [6.45, 7) is 5.61. The van der Waals surface area contributed by atoms with E-state index in [4.69, 9.17) is 10.5 Å². The lowest BCUT2D eigenvalue weighted by Crippen LogP contribution is -2.34. The number of benzene rings is 1. The number of anilines is 1. The number of halogens is 1. The third-order valence-corrected chi connectivity index (χ3v) is 3.60. The summed E-state index contributed by atoms with van der Waals surface area (Å²) in [4.78, 5) is 23.5. The van der Waals surface area contributed by atoms with Gasteiger partial charge in [0.25, 0.3) is 0 Å². The number of ether oxygens (including phenoxy) is 1. The van der Waals surface area contributed by atoms with Crippen LogP contribution in [0.2, 0.25) is 0 Å². The molecule has 0 spiro atoms. The summed E-state index contributed by atoms with van der Waals surface area (Å²) in [5, 5.41) is 2.77. The third kappa shape index (κ3) is 4.31. The molecule has 0 radical (unpaired) electrons. The molecule has 0 aliphatic rings. The van der Waals surface area contributed by atoms with Crippen molar-refractivity contribution in [2.75, 3.05) is 11.9 Å². The first-order valence-electron chi connectivity index (χ1n) is 6.40. The molecular weight excluding hydrogens is 324 g/mol. The van der Waals surface area contributed by atoms with Crippen molar-refractivity contribution >= 4 is 33.5 Å². The number of hydrogen-bond donors (Lipinski definition) is 2. The average Bonchev–Trinajstić information content (AvgIpc) is 2.40. The number of amides is 1. The normalized spacial score (nSPS) is 13.4. The SMILES string of the molecule is CCOC(=O)c1ccc(NC(=O)C(C)C(C)N)c(Br)c1. The van der Waals surface area contributed by atoms with Crippen molar-refractivity contribution in [2.45, 2.75) is 26.8 Å². The van der Waals surface area contributed by atoms with Crippen LogP contribution in [0.15, 0.2) is 22.7 Å². The molecule has 0 saturated carbocycles. The van der Waals surface area contributed by atoms with Crippen LogP contribution < -0.4 is 11.1 Å². The van der Waals surface area contributed by atoms with Crippen LogP contribution >= 0.6 is 15.9 Å². The van der Waals surface area contributed by atoms with E-state index in [1.54, 1.807) is 39.0 Å². The van der Waals surface area contributed by atoms with E-state index in [0.717, 1.165) is 0 Å². The second kappa shape index (κ2) is 7.40. The Balaban J connectivity index is 2.84. The van der Waals surface area contributed by atoms with E-state index in [2.05, 4.69) is 21.2 Å². The average molecular weight is 343 g/mol. The molecule has 110 valence electrons. The molecule has 2 atom stereocenters. The molecule has 0 heterocycles. The lowest BCUT2D eigenvalue weighted by Gasteiger charge is -2.16. The van der Waals surface area contributed by atoms with E-state index >= 15 is 0 Å². The molecule has 0 fully saturated rings. The molecule has 0 aliphatic carbocycles. The van der Waals surface area contributed by atoms with Crippen LogP contribution in [0.5, 0.6) is 0 Å². The van der Waals surface area contributed by atoms with E-state index in [-0.39, 0.29) is 17.9 Å². The summed E-state index contributed by atoms with van der Waals surface area (Å²) in [5.41, 5.74) is 6.71. The largest absolute Gasteiger partial charge is 0.462 e. The Morgan fingerprint density at radius 1 is 1.40 bits per heavy atom. The van der Waals surface area contributed by atoms with Crippen molar-refractivity contribution < 1.29 is 14.3 Å². The fourth-order valence-electron chi connectivity index (χ4n) is 1.44. The lowest BCUT2D eigenvalue weighted by atomic mass is 10.0. The minimum atomic E-state index is -0.393. The standard InChI is InChI=1S/C14H19BrN2O3/c1-4-20-14(19)10-5-6-12(11(15)7-10)17-13(18)8(2)9(3)16/h5-9H,4,16H2,1-3H3,(H,17,18). The van der Waals surface area contributed by atoms with Crippen LogP contribution in [0.1, 0.15) is 31.1 Å². The maximum Gasteiger partial charge on any atom is 0.338 e. The zero-order chi connectivity index (χ0) is 15.3. The number of rotatable bonds is 5. The van der Waals surface area contributed by atoms with Crippen LogP contribution in [-0.4, -0.2) is 24.5 Å². The number of nitrogens with two attached hydrogens (primary N) is 1. The molecule has 0 aromatic heterocycles. The van der Waals surface area contributed by atoms with Gasteiger partial charge in [-0.15, -0.1) is 0 Å². The van der Waals surface area contributed by atoms with Gasteiger partial charge < -0.3 is 15.8 Å². The predicted octanol–water partition coefficient (Wildman–Crippen LogP) is 2.55. The van der Waals surface area contributed by atoms with Crippen LogP contribution in [0.3, 0.4) is 0 Å². The molecule has 1 aromatic rings. The Morgan fingerprint density at radius 3 is 2.55 bits per heavy atom. The predicted molar refractivity (Wildman–Crippen MR) is 81.5 cm³/mol. The second-order valence-corrected chi connectivity index (χ2v) is 5.41. The summed E-state index contributed by atoms with van der Waals surface area (Å²) < 4.78 is 5.53. The molecule has 6 heteroatoms.